The molecule has 3 rings (SSSR count). The van der Waals surface area contributed by atoms with Gasteiger partial charge in [0.25, 0.3) is 0 Å². The zero-order valence-electron chi connectivity index (χ0n) is 21.8. The van der Waals surface area contributed by atoms with Crippen molar-refractivity contribution >= 4 is 11.8 Å². The summed E-state index contributed by atoms with van der Waals surface area (Å²) in [6, 6.07) is 4.72. The van der Waals surface area contributed by atoms with Gasteiger partial charge in [0.15, 0.2) is 0 Å². The molecule has 3 unspecified atom stereocenters. The summed E-state index contributed by atoms with van der Waals surface area (Å²) in [5.74, 6) is 1.60. The minimum Gasteiger partial charge on any atom is -0.493 e. The highest BCUT2D eigenvalue weighted by Crippen LogP contribution is 2.19. The maximum atomic E-state index is 14.4. The van der Waals surface area contributed by atoms with Crippen LogP contribution in [0.3, 0.4) is 0 Å². The van der Waals surface area contributed by atoms with Crippen LogP contribution in [0.15, 0.2) is 36.7 Å². The van der Waals surface area contributed by atoms with Crippen LogP contribution in [0.2, 0.25) is 0 Å². The van der Waals surface area contributed by atoms with E-state index in [1.807, 2.05) is 12.3 Å². The van der Waals surface area contributed by atoms with E-state index in [-0.39, 0.29) is 31.7 Å². The minimum absolute atomic E-state index is 0.0113. The summed E-state index contributed by atoms with van der Waals surface area (Å²) in [5.41, 5.74) is 2.65. The number of carbonyl (C=O) groups is 2. The number of aliphatic hydroxyl groups excluding tert-OH is 1. The lowest BCUT2D eigenvalue weighted by Crippen LogP contribution is -2.54. The Morgan fingerprint density at radius 3 is 2.79 bits per heavy atom. The van der Waals surface area contributed by atoms with Crippen LogP contribution >= 0.6 is 0 Å². The zero-order valence-corrected chi connectivity index (χ0v) is 21.8. The van der Waals surface area contributed by atoms with E-state index in [1.165, 1.54) is 12.1 Å². The fourth-order valence-electron chi connectivity index (χ4n) is 4.33. The van der Waals surface area contributed by atoms with Crippen LogP contribution in [0.4, 0.5) is 4.39 Å². The van der Waals surface area contributed by atoms with Gasteiger partial charge in [-0.15, -0.1) is 12.3 Å². The van der Waals surface area contributed by atoms with E-state index in [4.69, 9.17) is 11.2 Å². The number of fused-ring (bicyclic) bond motifs is 2. The van der Waals surface area contributed by atoms with Crippen LogP contribution in [0.5, 0.6) is 5.75 Å². The van der Waals surface area contributed by atoms with Crippen LogP contribution in [0.25, 0.3) is 0 Å². The molecule has 0 saturated carbocycles. The molecule has 1 aliphatic rings. The van der Waals surface area contributed by atoms with E-state index < -0.39 is 29.9 Å². The number of carbonyl (C=O) groups excluding carboxylic acids is 2. The van der Waals surface area contributed by atoms with E-state index >= 15 is 0 Å². The maximum Gasteiger partial charge on any atom is 0.243 e. The fourth-order valence-corrected chi connectivity index (χ4v) is 4.33. The fraction of sp³-hybridized carbons (Fsp3) is 0.483. The Bertz CT molecular complexity index is 1120. The van der Waals surface area contributed by atoms with Gasteiger partial charge in [0, 0.05) is 44.4 Å². The largest absolute Gasteiger partial charge is 0.493 e. The number of aromatic nitrogens is 1. The van der Waals surface area contributed by atoms with Crippen LogP contribution in [0, 0.1) is 18.2 Å². The summed E-state index contributed by atoms with van der Waals surface area (Å²) < 4.78 is 20.1. The molecule has 2 heterocycles. The third-order valence-electron chi connectivity index (χ3n) is 6.41. The highest BCUT2D eigenvalue weighted by atomic mass is 19.1. The standard InChI is InChI=1S/C29H37FN4O4/c1-3-8-25-29(37)34-26(27(35)19-32-18-22-11-20(4-2)16-31-17-22)14-21-12-23(30)15-24(13-21)38-10-7-5-6-9-28(36)33-25/h1,11-13,15-17,25-27,32,35H,4-10,14,18-19H2,2H3,(H,33,36)(H,34,37). The van der Waals surface area contributed by atoms with E-state index in [9.17, 15) is 19.1 Å². The predicted octanol–water partition coefficient (Wildman–Crippen LogP) is 2.42. The lowest BCUT2D eigenvalue weighted by Gasteiger charge is -2.27. The molecule has 0 fully saturated rings. The molecular weight excluding hydrogens is 487 g/mol. The number of aryl methyl sites for hydroxylation is 1. The second-order valence-electron chi connectivity index (χ2n) is 9.56. The van der Waals surface area contributed by atoms with Gasteiger partial charge in [-0.05, 0) is 60.9 Å². The average Bonchev–Trinajstić information content (AvgIpc) is 2.89. The van der Waals surface area contributed by atoms with Crippen molar-refractivity contribution < 1.29 is 23.8 Å². The van der Waals surface area contributed by atoms with Gasteiger partial charge in [0.1, 0.15) is 17.6 Å². The predicted molar refractivity (Wildman–Crippen MR) is 143 cm³/mol. The van der Waals surface area contributed by atoms with Gasteiger partial charge in [0.05, 0.1) is 18.8 Å². The van der Waals surface area contributed by atoms with Crippen molar-refractivity contribution in [1.29, 1.82) is 0 Å². The zero-order chi connectivity index (χ0) is 27.3. The number of benzene rings is 1. The quantitative estimate of drug-likeness (QED) is 0.414. The van der Waals surface area contributed by atoms with Crippen molar-refractivity contribution in [2.24, 2.45) is 0 Å². The number of nitrogens with zero attached hydrogens (tertiary/aromatic N) is 1. The molecule has 2 aromatic rings. The van der Waals surface area contributed by atoms with Gasteiger partial charge in [-0.25, -0.2) is 4.39 Å². The van der Waals surface area contributed by atoms with Crippen LogP contribution in [-0.2, 0) is 29.0 Å². The first-order valence-corrected chi connectivity index (χ1v) is 13.1. The van der Waals surface area contributed by atoms with Gasteiger partial charge in [0.2, 0.25) is 11.8 Å². The van der Waals surface area contributed by atoms with Crippen molar-refractivity contribution in [2.45, 2.75) is 76.6 Å². The molecular formula is C29H37FN4O4. The monoisotopic (exact) mass is 524 g/mol. The topological polar surface area (TPSA) is 113 Å². The summed E-state index contributed by atoms with van der Waals surface area (Å²) in [5, 5.41) is 19.8. The average molecular weight is 525 g/mol. The number of rotatable bonds is 7. The second kappa shape index (κ2) is 15.1. The molecule has 9 heteroatoms. The number of amides is 2. The van der Waals surface area contributed by atoms with Gasteiger partial charge < -0.3 is 25.8 Å². The molecule has 38 heavy (non-hydrogen) atoms. The number of hydrogen-bond acceptors (Lipinski definition) is 6. The lowest BCUT2D eigenvalue weighted by molar-refractivity contribution is -0.129. The lowest BCUT2D eigenvalue weighted by atomic mass is 9.99. The van der Waals surface area contributed by atoms with Gasteiger partial charge in [-0.1, -0.05) is 13.0 Å². The van der Waals surface area contributed by atoms with Crippen molar-refractivity contribution in [3.8, 4) is 18.1 Å². The molecule has 0 spiro atoms. The normalized spacial score (nSPS) is 19.9. The van der Waals surface area contributed by atoms with Crippen LogP contribution < -0.4 is 20.7 Å². The Labute approximate surface area is 223 Å². The van der Waals surface area contributed by atoms with Crippen molar-refractivity contribution in [2.75, 3.05) is 13.2 Å². The van der Waals surface area contributed by atoms with E-state index in [0.29, 0.717) is 37.3 Å². The number of nitrogens with one attached hydrogen (secondary N) is 3. The number of terminal acetylenes is 1. The van der Waals surface area contributed by atoms with Gasteiger partial charge in [-0.3, -0.25) is 14.6 Å². The van der Waals surface area contributed by atoms with Crippen molar-refractivity contribution in [3.05, 3.63) is 59.2 Å². The van der Waals surface area contributed by atoms with Crippen LogP contribution in [0.1, 0.15) is 55.7 Å². The first kappa shape index (κ1) is 29.1. The molecule has 0 aliphatic carbocycles. The molecule has 1 aromatic carbocycles. The van der Waals surface area contributed by atoms with E-state index in [2.05, 4.69) is 33.8 Å². The first-order chi connectivity index (χ1) is 18.4. The maximum absolute atomic E-state index is 14.4. The smallest absolute Gasteiger partial charge is 0.243 e. The molecule has 204 valence electrons. The van der Waals surface area contributed by atoms with E-state index in [1.54, 1.807) is 12.3 Å². The molecule has 0 radical (unpaired) electrons. The SMILES string of the molecule is C#CCC1NC(=O)CCCCCOc2cc(F)cc(c2)CC(C(O)CNCc2cncc(CC)c2)NC1=O. The van der Waals surface area contributed by atoms with Crippen LogP contribution in [-0.4, -0.2) is 53.2 Å². The number of hydrogen-bond donors (Lipinski definition) is 4. The molecule has 4 N–H and O–H groups in total. The summed E-state index contributed by atoms with van der Waals surface area (Å²) in [6.07, 6.45) is 11.4. The number of halogens is 1. The Morgan fingerprint density at radius 2 is 2.00 bits per heavy atom. The Morgan fingerprint density at radius 1 is 1.18 bits per heavy atom. The van der Waals surface area contributed by atoms with Crippen molar-refractivity contribution in [3.63, 3.8) is 0 Å². The molecule has 2 bridgehead atoms. The summed E-state index contributed by atoms with van der Waals surface area (Å²) >= 11 is 0. The van der Waals surface area contributed by atoms with Crippen molar-refractivity contribution in [1.82, 2.24) is 20.9 Å². The van der Waals surface area contributed by atoms with E-state index in [0.717, 1.165) is 24.0 Å². The Kier molecular flexibility index (Phi) is 11.5. The molecule has 0 saturated heterocycles. The summed E-state index contributed by atoms with van der Waals surface area (Å²) in [4.78, 5) is 29.8. The molecule has 1 aliphatic heterocycles. The molecule has 1 aromatic heterocycles. The van der Waals surface area contributed by atoms with Gasteiger partial charge in [-0.2, -0.15) is 0 Å². The van der Waals surface area contributed by atoms with Gasteiger partial charge >= 0.3 is 0 Å². The highest BCUT2D eigenvalue weighted by Gasteiger charge is 2.27. The molecule has 3 atom stereocenters. The third kappa shape index (κ3) is 9.43. The highest BCUT2D eigenvalue weighted by molar-refractivity contribution is 5.88. The summed E-state index contributed by atoms with van der Waals surface area (Å²) in [7, 11) is 0. The molecule has 2 amide bonds. The Balaban J connectivity index is 1.78. The Hall–Kier alpha value is -3.48. The third-order valence-corrected chi connectivity index (χ3v) is 6.41. The second-order valence-corrected chi connectivity index (χ2v) is 9.56. The number of pyridine rings is 1. The summed E-state index contributed by atoms with van der Waals surface area (Å²) in [6.45, 7) is 3.08. The number of ether oxygens (including phenoxy) is 1. The number of aliphatic hydroxyl groups is 1. The minimum atomic E-state index is -1.02. The molecule has 8 nitrogen and oxygen atoms in total. The first-order valence-electron chi connectivity index (χ1n) is 13.1.